The molecule has 2 N–H and O–H groups in total. The Morgan fingerprint density at radius 1 is 0.923 bits per heavy atom. The van der Waals surface area contributed by atoms with Gasteiger partial charge >= 0.3 is 0 Å². The topological polar surface area (TPSA) is 26.0 Å². The maximum absolute atomic E-state index is 5.86. The van der Waals surface area contributed by atoms with Crippen LogP contribution in [0.25, 0.3) is 0 Å². The van der Waals surface area contributed by atoms with Crippen LogP contribution in [0.5, 0.6) is 0 Å². The van der Waals surface area contributed by atoms with Gasteiger partial charge < -0.3 is 5.73 Å². The molecule has 0 rings (SSSR count). The second kappa shape index (κ2) is 4.99. The Hall–Kier alpha value is -0.0400. The molecule has 0 aliphatic rings. The second-order valence-corrected chi connectivity index (χ2v) is 5.47. The Labute approximate surface area is 84.1 Å². The summed E-state index contributed by atoms with van der Waals surface area (Å²) in [5.41, 5.74) is 6.72. The second-order valence-electron chi connectivity index (χ2n) is 5.47. The minimum atomic E-state index is 0.410. The highest BCUT2D eigenvalue weighted by Gasteiger charge is 2.26. The van der Waals surface area contributed by atoms with E-state index in [0.29, 0.717) is 10.8 Å². The van der Waals surface area contributed by atoms with E-state index in [0.717, 1.165) is 6.54 Å². The molecule has 1 nitrogen and oxygen atoms in total. The minimum Gasteiger partial charge on any atom is -0.330 e. The summed E-state index contributed by atoms with van der Waals surface area (Å²) in [6.45, 7) is 12.3. The number of hydrogen-bond acceptors (Lipinski definition) is 1. The van der Waals surface area contributed by atoms with Gasteiger partial charge in [-0.15, -0.1) is 0 Å². The third kappa shape index (κ3) is 4.66. The fourth-order valence-electron chi connectivity index (χ4n) is 1.63. The highest BCUT2D eigenvalue weighted by Crippen LogP contribution is 2.35. The van der Waals surface area contributed by atoms with Gasteiger partial charge in [-0.25, -0.2) is 0 Å². The highest BCUT2D eigenvalue weighted by atomic mass is 14.6. The summed E-state index contributed by atoms with van der Waals surface area (Å²) in [5.74, 6) is 0. The van der Waals surface area contributed by atoms with Crippen LogP contribution in [0.4, 0.5) is 0 Å². The van der Waals surface area contributed by atoms with Crippen LogP contribution >= 0.6 is 0 Å². The van der Waals surface area contributed by atoms with Crippen LogP contribution in [-0.2, 0) is 0 Å². The van der Waals surface area contributed by atoms with Crippen molar-refractivity contribution in [2.45, 2.75) is 60.3 Å². The smallest absolute Gasteiger partial charge is 0.00207 e. The van der Waals surface area contributed by atoms with Crippen molar-refractivity contribution in [3.05, 3.63) is 0 Å². The van der Waals surface area contributed by atoms with E-state index in [-0.39, 0.29) is 0 Å². The zero-order valence-corrected chi connectivity index (χ0v) is 10.1. The molecular weight excluding hydrogens is 158 g/mol. The van der Waals surface area contributed by atoms with Crippen LogP contribution in [0.15, 0.2) is 0 Å². The predicted molar refractivity (Wildman–Crippen MR) is 60.8 cm³/mol. The average Bonchev–Trinajstić information content (AvgIpc) is 2.06. The first-order chi connectivity index (χ1) is 5.89. The lowest BCUT2D eigenvalue weighted by Crippen LogP contribution is -2.30. The van der Waals surface area contributed by atoms with E-state index in [1.807, 2.05) is 0 Å². The van der Waals surface area contributed by atoms with Crippen LogP contribution in [-0.4, -0.2) is 6.54 Å². The molecule has 0 saturated carbocycles. The molecule has 0 spiro atoms. The predicted octanol–water partition coefficient (Wildman–Crippen LogP) is 3.58. The molecule has 0 radical (unpaired) electrons. The maximum Gasteiger partial charge on any atom is -0.00207 e. The van der Waals surface area contributed by atoms with Gasteiger partial charge in [-0.2, -0.15) is 0 Å². The molecule has 0 aromatic heterocycles. The summed E-state index contributed by atoms with van der Waals surface area (Å²) >= 11 is 0. The number of nitrogens with two attached hydrogens (primary N) is 1. The molecule has 0 heterocycles. The Morgan fingerprint density at radius 2 is 1.38 bits per heavy atom. The summed E-state index contributed by atoms with van der Waals surface area (Å²) in [5, 5.41) is 0. The zero-order valence-electron chi connectivity index (χ0n) is 10.1. The Kier molecular flexibility index (Phi) is 4.98. The molecule has 0 unspecified atom stereocenters. The van der Waals surface area contributed by atoms with Crippen molar-refractivity contribution in [3.8, 4) is 0 Å². The van der Waals surface area contributed by atoms with Crippen LogP contribution in [0.3, 0.4) is 0 Å². The third-order valence-electron chi connectivity index (χ3n) is 3.34. The summed E-state index contributed by atoms with van der Waals surface area (Å²) in [6.07, 6.45) is 5.00. The van der Waals surface area contributed by atoms with Gasteiger partial charge in [0.15, 0.2) is 0 Å². The molecule has 13 heavy (non-hydrogen) atoms. The summed E-state index contributed by atoms with van der Waals surface area (Å²) in [4.78, 5) is 0. The van der Waals surface area contributed by atoms with Gasteiger partial charge in [0.1, 0.15) is 0 Å². The number of rotatable bonds is 5. The molecular formula is C12H27N. The summed E-state index contributed by atoms with van der Waals surface area (Å²) in [7, 11) is 0. The average molecular weight is 185 g/mol. The van der Waals surface area contributed by atoms with E-state index >= 15 is 0 Å². The Bertz CT molecular complexity index is 120. The molecule has 0 aromatic rings. The Morgan fingerprint density at radius 3 is 1.62 bits per heavy atom. The quantitative estimate of drug-likeness (QED) is 0.696. The van der Waals surface area contributed by atoms with Crippen LogP contribution < -0.4 is 5.73 Å². The molecule has 0 amide bonds. The van der Waals surface area contributed by atoms with Crippen molar-refractivity contribution in [1.82, 2.24) is 0 Å². The molecule has 1 heteroatoms. The fourth-order valence-corrected chi connectivity index (χ4v) is 1.63. The van der Waals surface area contributed by atoms with E-state index in [2.05, 4.69) is 34.6 Å². The van der Waals surface area contributed by atoms with Crippen molar-refractivity contribution in [1.29, 1.82) is 0 Å². The van der Waals surface area contributed by atoms with E-state index in [4.69, 9.17) is 5.73 Å². The molecule has 0 aromatic carbocycles. The highest BCUT2D eigenvalue weighted by molar-refractivity contribution is 4.79. The molecule has 80 valence electrons. The lowest BCUT2D eigenvalue weighted by atomic mass is 9.74. The molecule has 0 aliphatic heterocycles. The summed E-state index contributed by atoms with van der Waals surface area (Å²) in [6, 6.07) is 0. The van der Waals surface area contributed by atoms with Crippen molar-refractivity contribution in [3.63, 3.8) is 0 Å². The SMILES string of the molecule is CCC(CC)(CN)CCC(C)(C)C. The van der Waals surface area contributed by atoms with E-state index in [1.54, 1.807) is 0 Å². The van der Waals surface area contributed by atoms with Gasteiger partial charge in [0.25, 0.3) is 0 Å². The van der Waals surface area contributed by atoms with Gasteiger partial charge in [0, 0.05) is 0 Å². The standard InChI is InChI=1S/C12H27N/c1-6-12(7-2,10-13)9-8-11(3,4)5/h6-10,13H2,1-5H3. The van der Waals surface area contributed by atoms with Gasteiger partial charge in [-0.1, -0.05) is 34.6 Å². The summed E-state index contributed by atoms with van der Waals surface area (Å²) < 4.78 is 0. The maximum atomic E-state index is 5.86. The molecule has 0 aliphatic carbocycles. The molecule has 0 atom stereocenters. The zero-order chi connectivity index (χ0) is 10.5. The lowest BCUT2D eigenvalue weighted by Gasteiger charge is -2.33. The third-order valence-corrected chi connectivity index (χ3v) is 3.34. The van der Waals surface area contributed by atoms with Crippen molar-refractivity contribution >= 4 is 0 Å². The first-order valence-electron chi connectivity index (χ1n) is 5.59. The van der Waals surface area contributed by atoms with Crippen LogP contribution in [0.1, 0.15) is 60.3 Å². The Balaban J connectivity index is 4.11. The minimum absolute atomic E-state index is 0.410. The van der Waals surface area contributed by atoms with Gasteiger partial charge in [0.2, 0.25) is 0 Å². The van der Waals surface area contributed by atoms with Crippen molar-refractivity contribution < 1.29 is 0 Å². The van der Waals surface area contributed by atoms with E-state index in [9.17, 15) is 0 Å². The van der Waals surface area contributed by atoms with Crippen molar-refractivity contribution in [2.75, 3.05) is 6.54 Å². The first-order valence-corrected chi connectivity index (χ1v) is 5.59. The van der Waals surface area contributed by atoms with E-state index in [1.165, 1.54) is 25.7 Å². The fraction of sp³-hybridized carbons (Fsp3) is 1.00. The van der Waals surface area contributed by atoms with Gasteiger partial charge in [-0.3, -0.25) is 0 Å². The monoisotopic (exact) mass is 185 g/mol. The largest absolute Gasteiger partial charge is 0.330 e. The molecule has 0 saturated heterocycles. The number of hydrogen-bond donors (Lipinski definition) is 1. The van der Waals surface area contributed by atoms with Crippen LogP contribution in [0.2, 0.25) is 0 Å². The van der Waals surface area contributed by atoms with Crippen molar-refractivity contribution in [2.24, 2.45) is 16.6 Å². The van der Waals surface area contributed by atoms with E-state index < -0.39 is 0 Å². The van der Waals surface area contributed by atoms with Crippen LogP contribution in [0, 0.1) is 10.8 Å². The molecule has 0 bridgehead atoms. The normalized spacial score (nSPS) is 13.4. The molecule has 0 fully saturated rings. The first kappa shape index (κ1) is 13.0. The lowest BCUT2D eigenvalue weighted by molar-refractivity contribution is 0.204. The van der Waals surface area contributed by atoms with Gasteiger partial charge in [-0.05, 0) is 43.1 Å². The van der Waals surface area contributed by atoms with Gasteiger partial charge in [0.05, 0.1) is 0 Å².